The zero-order valence-electron chi connectivity index (χ0n) is 12.9. The molecule has 0 aliphatic carbocycles. The van der Waals surface area contributed by atoms with E-state index in [1.54, 1.807) is 7.11 Å². The Bertz CT molecular complexity index is 414. The number of carbonyl (C=O) groups excluding carboxylic acids is 1. The molecule has 116 valence electrons. The fourth-order valence-corrected chi connectivity index (χ4v) is 2.93. The van der Waals surface area contributed by atoms with Crippen LogP contribution in [0.5, 0.6) is 0 Å². The number of hydrogen-bond donors (Lipinski definition) is 1. The third kappa shape index (κ3) is 5.14. The van der Waals surface area contributed by atoms with Crippen molar-refractivity contribution in [1.29, 1.82) is 0 Å². The smallest absolute Gasteiger partial charge is 0.246 e. The van der Waals surface area contributed by atoms with Gasteiger partial charge in [0.05, 0.1) is 6.04 Å². The van der Waals surface area contributed by atoms with Crippen molar-refractivity contribution < 1.29 is 9.53 Å². The number of rotatable bonds is 6. The lowest BCUT2D eigenvalue weighted by Crippen LogP contribution is -2.39. The summed E-state index contributed by atoms with van der Waals surface area (Å²) in [7, 11) is 1.54. The second-order valence-corrected chi connectivity index (χ2v) is 5.61. The third-order valence-electron chi connectivity index (χ3n) is 4.03. The SMILES string of the molecule is COCC(=O)NCC(c1ccccc1)N1CCCCCC1. The fraction of sp³-hybridized carbons (Fsp3) is 0.588. The molecule has 1 aromatic carbocycles. The highest BCUT2D eigenvalue weighted by Gasteiger charge is 2.21. The molecular weight excluding hydrogens is 264 g/mol. The Morgan fingerprint density at radius 3 is 2.48 bits per heavy atom. The number of methoxy groups -OCH3 is 1. The molecule has 0 saturated carbocycles. The van der Waals surface area contributed by atoms with E-state index in [0.717, 1.165) is 13.1 Å². The lowest BCUT2D eigenvalue weighted by atomic mass is 10.0. The van der Waals surface area contributed by atoms with Gasteiger partial charge in [0.15, 0.2) is 0 Å². The monoisotopic (exact) mass is 290 g/mol. The maximum Gasteiger partial charge on any atom is 0.246 e. The number of carbonyl (C=O) groups is 1. The van der Waals surface area contributed by atoms with Gasteiger partial charge in [-0.25, -0.2) is 0 Å². The number of benzene rings is 1. The van der Waals surface area contributed by atoms with Gasteiger partial charge in [-0.15, -0.1) is 0 Å². The van der Waals surface area contributed by atoms with Gasteiger partial charge in [0.25, 0.3) is 0 Å². The highest BCUT2D eigenvalue weighted by molar-refractivity contribution is 5.77. The van der Waals surface area contributed by atoms with E-state index >= 15 is 0 Å². The predicted octanol–water partition coefficient (Wildman–Crippen LogP) is 2.37. The molecule has 0 radical (unpaired) electrons. The molecule has 1 aliphatic heterocycles. The summed E-state index contributed by atoms with van der Waals surface area (Å²) >= 11 is 0. The van der Waals surface area contributed by atoms with E-state index in [2.05, 4.69) is 34.5 Å². The number of ether oxygens (including phenoxy) is 1. The van der Waals surface area contributed by atoms with E-state index in [1.807, 2.05) is 6.07 Å². The number of likely N-dealkylation sites (tertiary alicyclic amines) is 1. The minimum atomic E-state index is -0.0479. The van der Waals surface area contributed by atoms with Crippen LogP contribution in [-0.4, -0.2) is 44.2 Å². The van der Waals surface area contributed by atoms with E-state index in [0.29, 0.717) is 6.54 Å². The highest BCUT2D eigenvalue weighted by Crippen LogP contribution is 2.23. The molecule has 1 N–H and O–H groups in total. The van der Waals surface area contributed by atoms with Crippen molar-refractivity contribution in [3.63, 3.8) is 0 Å². The lowest BCUT2D eigenvalue weighted by Gasteiger charge is -2.31. The molecule has 1 heterocycles. The molecule has 1 saturated heterocycles. The quantitative estimate of drug-likeness (QED) is 0.874. The predicted molar refractivity (Wildman–Crippen MR) is 84.1 cm³/mol. The Kier molecular flexibility index (Phi) is 6.70. The first-order valence-electron chi connectivity index (χ1n) is 7.86. The third-order valence-corrected chi connectivity index (χ3v) is 4.03. The molecule has 4 heteroatoms. The van der Waals surface area contributed by atoms with Gasteiger partial charge in [0, 0.05) is 13.7 Å². The second-order valence-electron chi connectivity index (χ2n) is 5.61. The van der Waals surface area contributed by atoms with Gasteiger partial charge in [-0.2, -0.15) is 0 Å². The van der Waals surface area contributed by atoms with Crippen LogP contribution >= 0.6 is 0 Å². The first-order chi connectivity index (χ1) is 10.3. The van der Waals surface area contributed by atoms with Crippen LogP contribution in [0.3, 0.4) is 0 Å². The van der Waals surface area contributed by atoms with Crippen LogP contribution in [-0.2, 0) is 9.53 Å². The maximum absolute atomic E-state index is 11.7. The molecule has 21 heavy (non-hydrogen) atoms. The van der Waals surface area contributed by atoms with E-state index in [4.69, 9.17) is 4.74 Å². The van der Waals surface area contributed by atoms with Gasteiger partial charge >= 0.3 is 0 Å². The van der Waals surface area contributed by atoms with Crippen molar-refractivity contribution in [2.24, 2.45) is 0 Å². The van der Waals surface area contributed by atoms with Crippen LogP contribution in [0.1, 0.15) is 37.3 Å². The Hall–Kier alpha value is -1.39. The van der Waals surface area contributed by atoms with E-state index < -0.39 is 0 Å². The van der Waals surface area contributed by atoms with Gasteiger partial charge < -0.3 is 10.1 Å². The number of amides is 1. The molecule has 1 atom stereocenters. The number of hydrogen-bond acceptors (Lipinski definition) is 3. The van der Waals surface area contributed by atoms with Crippen molar-refractivity contribution in [1.82, 2.24) is 10.2 Å². The van der Waals surface area contributed by atoms with Crippen molar-refractivity contribution in [2.45, 2.75) is 31.7 Å². The van der Waals surface area contributed by atoms with Gasteiger partial charge in [0.1, 0.15) is 6.61 Å². The zero-order chi connectivity index (χ0) is 14.9. The second kappa shape index (κ2) is 8.80. The van der Waals surface area contributed by atoms with Crippen molar-refractivity contribution in [3.8, 4) is 0 Å². The first-order valence-corrected chi connectivity index (χ1v) is 7.86. The molecule has 1 aromatic rings. The summed E-state index contributed by atoms with van der Waals surface area (Å²) in [5, 5.41) is 2.99. The molecule has 1 amide bonds. The molecular formula is C17H26N2O2. The summed E-state index contributed by atoms with van der Waals surface area (Å²) in [6.07, 6.45) is 5.12. The Morgan fingerprint density at radius 2 is 1.86 bits per heavy atom. The van der Waals surface area contributed by atoms with Crippen LogP contribution in [0.15, 0.2) is 30.3 Å². The molecule has 2 rings (SSSR count). The highest BCUT2D eigenvalue weighted by atomic mass is 16.5. The fourth-order valence-electron chi connectivity index (χ4n) is 2.93. The normalized spacial score (nSPS) is 18.0. The van der Waals surface area contributed by atoms with E-state index in [9.17, 15) is 4.79 Å². The van der Waals surface area contributed by atoms with Crippen LogP contribution in [0.2, 0.25) is 0 Å². The topological polar surface area (TPSA) is 41.6 Å². The molecule has 0 spiro atoms. The molecule has 0 aromatic heterocycles. The Balaban J connectivity index is 2.04. The molecule has 1 aliphatic rings. The summed E-state index contributed by atoms with van der Waals surface area (Å²) < 4.78 is 4.88. The number of nitrogens with zero attached hydrogens (tertiary/aromatic N) is 1. The maximum atomic E-state index is 11.7. The van der Waals surface area contributed by atoms with E-state index in [1.165, 1.54) is 31.2 Å². The van der Waals surface area contributed by atoms with Crippen LogP contribution in [0, 0.1) is 0 Å². The van der Waals surface area contributed by atoms with Crippen LogP contribution < -0.4 is 5.32 Å². The first kappa shape index (κ1) is 16.0. The molecule has 1 unspecified atom stereocenters. The average molecular weight is 290 g/mol. The van der Waals surface area contributed by atoms with Crippen LogP contribution in [0.4, 0.5) is 0 Å². The molecule has 0 bridgehead atoms. The standard InChI is InChI=1S/C17H26N2O2/c1-21-14-17(20)18-13-16(15-9-5-4-6-10-15)19-11-7-2-3-8-12-19/h4-6,9-10,16H,2-3,7-8,11-14H2,1H3,(H,18,20). The summed E-state index contributed by atoms with van der Waals surface area (Å²) in [5.74, 6) is -0.0479. The van der Waals surface area contributed by atoms with E-state index in [-0.39, 0.29) is 18.6 Å². The summed E-state index contributed by atoms with van der Waals surface area (Å²) in [5.41, 5.74) is 1.28. The van der Waals surface area contributed by atoms with Crippen molar-refractivity contribution in [3.05, 3.63) is 35.9 Å². The molecule has 1 fully saturated rings. The van der Waals surface area contributed by atoms with Gasteiger partial charge in [0.2, 0.25) is 5.91 Å². The summed E-state index contributed by atoms with van der Waals surface area (Å²) in [6, 6.07) is 10.7. The van der Waals surface area contributed by atoms with Crippen LogP contribution in [0.25, 0.3) is 0 Å². The minimum absolute atomic E-state index is 0.0479. The van der Waals surface area contributed by atoms with Gasteiger partial charge in [-0.05, 0) is 31.5 Å². The Morgan fingerprint density at radius 1 is 1.19 bits per heavy atom. The van der Waals surface area contributed by atoms with Gasteiger partial charge in [-0.3, -0.25) is 9.69 Å². The van der Waals surface area contributed by atoms with Gasteiger partial charge in [-0.1, -0.05) is 43.2 Å². The number of nitrogens with one attached hydrogen (secondary N) is 1. The summed E-state index contributed by atoms with van der Waals surface area (Å²) in [6.45, 7) is 2.99. The Labute approximate surface area is 127 Å². The zero-order valence-corrected chi connectivity index (χ0v) is 12.9. The largest absolute Gasteiger partial charge is 0.375 e. The van der Waals surface area contributed by atoms with Crippen molar-refractivity contribution >= 4 is 5.91 Å². The minimum Gasteiger partial charge on any atom is -0.375 e. The molecule has 4 nitrogen and oxygen atoms in total. The summed E-state index contributed by atoms with van der Waals surface area (Å²) in [4.78, 5) is 14.2. The lowest BCUT2D eigenvalue weighted by molar-refractivity contribution is -0.125. The average Bonchev–Trinajstić information content (AvgIpc) is 2.78. The van der Waals surface area contributed by atoms with Crippen molar-refractivity contribution in [2.75, 3.05) is 33.4 Å².